The summed E-state index contributed by atoms with van der Waals surface area (Å²) in [4.78, 5) is 4.61. The molecule has 1 saturated heterocycles. The van der Waals surface area contributed by atoms with Gasteiger partial charge in [0.05, 0.1) is 13.2 Å². The summed E-state index contributed by atoms with van der Waals surface area (Å²) >= 11 is 0. The molecule has 25 heavy (non-hydrogen) atoms. The molecule has 1 atom stereocenters. The van der Waals surface area contributed by atoms with Gasteiger partial charge in [0.25, 0.3) is 0 Å². The molecule has 0 unspecified atom stereocenters. The second-order valence-electron chi connectivity index (χ2n) is 6.97. The predicted molar refractivity (Wildman–Crippen MR) is 98.8 cm³/mol. The first-order valence-corrected chi connectivity index (χ1v) is 9.02. The lowest BCUT2D eigenvalue weighted by atomic mass is 9.90. The molecule has 0 saturated carbocycles. The van der Waals surface area contributed by atoms with Crippen molar-refractivity contribution in [2.75, 3.05) is 20.3 Å². The van der Waals surface area contributed by atoms with E-state index < -0.39 is 0 Å². The summed E-state index contributed by atoms with van der Waals surface area (Å²) in [5.74, 6) is 2.64. The van der Waals surface area contributed by atoms with Crippen LogP contribution in [-0.4, -0.2) is 29.9 Å². The Hall–Kier alpha value is -1.85. The van der Waals surface area contributed by atoms with Gasteiger partial charge in [0.15, 0.2) is 0 Å². The van der Waals surface area contributed by atoms with Gasteiger partial charge in [-0.3, -0.25) is 0 Å². The normalized spacial score (nSPS) is 16.8. The topological polar surface area (TPSA) is 48.3 Å². The highest BCUT2D eigenvalue weighted by Crippen LogP contribution is 2.30. The lowest BCUT2D eigenvalue weighted by Crippen LogP contribution is -2.33. The van der Waals surface area contributed by atoms with E-state index in [0.29, 0.717) is 5.92 Å². The van der Waals surface area contributed by atoms with Crippen LogP contribution in [0.25, 0.3) is 0 Å². The van der Waals surface area contributed by atoms with Crippen molar-refractivity contribution >= 4 is 0 Å². The van der Waals surface area contributed by atoms with Gasteiger partial charge in [0.2, 0.25) is 0 Å². The lowest BCUT2D eigenvalue weighted by Gasteiger charge is -2.31. The average molecular weight is 343 g/mol. The Morgan fingerprint density at radius 2 is 1.96 bits per heavy atom. The Morgan fingerprint density at radius 1 is 1.28 bits per heavy atom. The molecule has 1 N–H and O–H groups in total. The number of nitrogens with one attached hydrogen (secondary N) is 1. The van der Waals surface area contributed by atoms with Gasteiger partial charge in [-0.15, -0.1) is 0 Å². The second kappa shape index (κ2) is 8.02. The minimum absolute atomic E-state index is 0.242. The number of aryl methyl sites for hydroxylation is 3. The van der Waals surface area contributed by atoms with Crippen LogP contribution in [0.4, 0.5) is 0 Å². The van der Waals surface area contributed by atoms with E-state index >= 15 is 0 Å². The van der Waals surface area contributed by atoms with Gasteiger partial charge in [-0.05, 0) is 49.3 Å². The van der Waals surface area contributed by atoms with Gasteiger partial charge in [-0.25, -0.2) is 4.98 Å². The van der Waals surface area contributed by atoms with Crippen LogP contribution in [0.1, 0.15) is 41.4 Å². The number of benzene rings is 1. The molecule has 1 fully saturated rings. The molecule has 1 aliphatic heterocycles. The summed E-state index contributed by atoms with van der Waals surface area (Å²) in [5.41, 5.74) is 3.64. The van der Waals surface area contributed by atoms with Crippen molar-refractivity contribution in [2.24, 2.45) is 13.0 Å². The van der Waals surface area contributed by atoms with E-state index in [4.69, 9.17) is 9.47 Å². The highest BCUT2D eigenvalue weighted by atomic mass is 16.5. The first-order valence-electron chi connectivity index (χ1n) is 9.02. The van der Waals surface area contributed by atoms with E-state index in [-0.39, 0.29) is 6.04 Å². The summed E-state index contributed by atoms with van der Waals surface area (Å²) in [7, 11) is 3.80. The van der Waals surface area contributed by atoms with E-state index in [1.54, 1.807) is 7.11 Å². The molecule has 0 amide bonds. The number of imidazole rings is 1. The minimum Gasteiger partial charge on any atom is -0.496 e. The molecule has 1 aromatic heterocycles. The van der Waals surface area contributed by atoms with Crippen molar-refractivity contribution in [1.29, 1.82) is 0 Å². The Kier molecular flexibility index (Phi) is 5.76. The molecule has 0 bridgehead atoms. The molecule has 0 aliphatic carbocycles. The van der Waals surface area contributed by atoms with Crippen molar-refractivity contribution in [3.63, 3.8) is 0 Å². The van der Waals surface area contributed by atoms with Gasteiger partial charge in [0, 0.05) is 39.2 Å². The molecular formula is C20H29N3O2. The highest BCUT2D eigenvalue weighted by molar-refractivity contribution is 5.43. The maximum Gasteiger partial charge on any atom is 0.125 e. The predicted octanol–water partition coefficient (Wildman–Crippen LogP) is 3.30. The van der Waals surface area contributed by atoms with Crippen molar-refractivity contribution in [2.45, 2.75) is 39.3 Å². The molecule has 2 aromatic rings. The fourth-order valence-electron chi connectivity index (χ4n) is 3.89. The van der Waals surface area contributed by atoms with Crippen molar-refractivity contribution < 1.29 is 9.47 Å². The fraction of sp³-hybridized carbons (Fsp3) is 0.550. The lowest BCUT2D eigenvalue weighted by molar-refractivity contribution is 0.0518. The van der Waals surface area contributed by atoms with Crippen molar-refractivity contribution in [3.8, 4) is 5.75 Å². The van der Waals surface area contributed by atoms with Crippen LogP contribution in [0.5, 0.6) is 5.75 Å². The Bertz CT molecular complexity index is 682. The Morgan fingerprint density at radius 3 is 2.52 bits per heavy atom. The fourth-order valence-corrected chi connectivity index (χ4v) is 3.89. The number of hydrogen-bond acceptors (Lipinski definition) is 4. The van der Waals surface area contributed by atoms with Crippen LogP contribution in [0.15, 0.2) is 24.5 Å². The van der Waals surface area contributed by atoms with Crippen molar-refractivity contribution in [1.82, 2.24) is 14.9 Å². The zero-order valence-electron chi connectivity index (χ0n) is 15.7. The van der Waals surface area contributed by atoms with Crippen LogP contribution in [0, 0.1) is 19.8 Å². The summed E-state index contributed by atoms with van der Waals surface area (Å²) in [6, 6.07) is 4.66. The van der Waals surface area contributed by atoms with Crippen molar-refractivity contribution in [3.05, 3.63) is 47.0 Å². The first-order chi connectivity index (χ1) is 12.1. The number of ether oxygens (including phenoxy) is 2. The quantitative estimate of drug-likeness (QED) is 0.874. The molecule has 1 aliphatic rings. The number of rotatable bonds is 6. The Labute approximate surface area is 150 Å². The SMILES string of the molecule is COc1c(C)cc(CN[C@@H](c2nccn2C)C2CCOCC2)cc1C. The third kappa shape index (κ3) is 4.05. The van der Waals surface area contributed by atoms with E-state index in [9.17, 15) is 0 Å². The van der Waals surface area contributed by atoms with Crippen LogP contribution < -0.4 is 10.1 Å². The van der Waals surface area contributed by atoms with E-state index in [1.807, 2.05) is 12.4 Å². The summed E-state index contributed by atoms with van der Waals surface area (Å²) in [6.07, 6.45) is 6.05. The van der Waals surface area contributed by atoms with Crippen LogP contribution >= 0.6 is 0 Å². The molecular weight excluding hydrogens is 314 g/mol. The monoisotopic (exact) mass is 343 g/mol. The number of hydrogen-bond donors (Lipinski definition) is 1. The van der Waals surface area contributed by atoms with Crippen LogP contribution in [-0.2, 0) is 18.3 Å². The summed E-state index contributed by atoms with van der Waals surface area (Å²) in [6.45, 7) is 6.71. The number of nitrogens with zero attached hydrogens (tertiary/aromatic N) is 2. The molecule has 2 heterocycles. The average Bonchev–Trinajstić information content (AvgIpc) is 3.02. The molecule has 0 radical (unpaired) electrons. The van der Waals surface area contributed by atoms with Gasteiger partial charge in [0.1, 0.15) is 11.6 Å². The molecule has 1 aromatic carbocycles. The van der Waals surface area contributed by atoms with E-state index in [2.05, 4.69) is 47.9 Å². The van der Waals surface area contributed by atoms with E-state index in [1.165, 1.54) is 16.7 Å². The van der Waals surface area contributed by atoms with Gasteiger partial charge >= 0.3 is 0 Å². The first kappa shape index (κ1) is 18.0. The molecule has 5 nitrogen and oxygen atoms in total. The molecule has 3 rings (SSSR count). The standard InChI is InChI=1S/C20H29N3O2/c1-14-11-16(12-15(2)19(14)24-4)13-22-18(17-5-9-25-10-6-17)20-21-7-8-23(20)3/h7-8,11-12,17-18,22H,5-6,9-10,13H2,1-4H3/t18-/m1/s1. The third-order valence-electron chi connectivity index (χ3n) is 5.12. The maximum atomic E-state index is 5.55. The maximum absolute atomic E-state index is 5.55. The van der Waals surface area contributed by atoms with E-state index in [0.717, 1.165) is 44.2 Å². The van der Waals surface area contributed by atoms with Crippen LogP contribution in [0.3, 0.4) is 0 Å². The second-order valence-corrected chi connectivity index (χ2v) is 6.97. The third-order valence-corrected chi connectivity index (χ3v) is 5.12. The molecule has 5 heteroatoms. The minimum atomic E-state index is 0.242. The largest absolute Gasteiger partial charge is 0.496 e. The molecule has 0 spiro atoms. The number of methoxy groups -OCH3 is 1. The summed E-state index contributed by atoms with van der Waals surface area (Å²) in [5, 5.41) is 3.76. The van der Waals surface area contributed by atoms with Gasteiger partial charge in [-0.1, -0.05) is 12.1 Å². The zero-order chi connectivity index (χ0) is 17.8. The van der Waals surface area contributed by atoms with Gasteiger partial charge < -0.3 is 19.4 Å². The highest BCUT2D eigenvalue weighted by Gasteiger charge is 2.27. The smallest absolute Gasteiger partial charge is 0.125 e. The van der Waals surface area contributed by atoms with Crippen LogP contribution in [0.2, 0.25) is 0 Å². The number of aromatic nitrogens is 2. The summed E-state index contributed by atoms with van der Waals surface area (Å²) < 4.78 is 13.1. The zero-order valence-corrected chi connectivity index (χ0v) is 15.7. The van der Waals surface area contributed by atoms with Gasteiger partial charge in [-0.2, -0.15) is 0 Å². The Balaban J connectivity index is 1.78. The molecule has 136 valence electrons.